The van der Waals surface area contributed by atoms with Crippen molar-refractivity contribution in [3.8, 4) is 0 Å². The van der Waals surface area contributed by atoms with Crippen molar-refractivity contribution in [3.05, 3.63) is 24.0 Å². The van der Waals surface area contributed by atoms with Crippen LogP contribution < -0.4 is 4.90 Å². The van der Waals surface area contributed by atoms with E-state index in [1.807, 2.05) is 32.6 Å². The van der Waals surface area contributed by atoms with Gasteiger partial charge in [-0.2, -0.15) is 0 Å². The topological polar surface area (TPSA) is 33.4 Å². The van der Waals surface area contributed by atoms with Gasteiger partial charge in [-0.05, 0) is 12.1 Å². The molecule has 15 heavy (non-hydrogen) atoms. The van der Waals surface area contributed by atoms with Crippen LogP contribution in [0.2, 0.25) is 0 Å². The van der Waals surface area contributed by atoms with Crippen molar-refractivity contribution in [1.82, 2.24) is 9.55 Å². The van der Waals surface area contributed by atoms with Crippen molar-refractivity contribution < 1.29 is 0 Å². The molecule has 0 spiro atoms. The lowest BCUT2D eigenvalue weighted by atomic mass is 10.3. The van der Waals surface area contributed by atoms with Gasteiger partial charge in [0.25, 0.3) is 0 Å². The summed E-state index contributed by atoms with van der Waals surface area (Å²) in [6, 6.07) is 4.05. The third kappa shape index (κ3) is 1.02. The van der Waals surface area contributed by atoms with E-state index in [0.717, 1.165) is 16.7 Å². The Bertz CT molecular complexity index is 553. The molecule has 4 nitrogen and oxygen atoms in total. The number of hydrogen-bond acceptors (Lipinski definition) is 3. The minimum atomic E-state index is 0.711. The Morgan fingerprint density at radius 2 is 2.20 bits per heavy atom. The van der Waals surface area contributed by atoms with Gasteiger partial charge in [0.05, 0.1) is 16.9 Å². The first-order valence-corrected chi connectivity index (χ1v) is 4.93. The monoisotopic (exact) mass is 200 g/mol. The lowest BCUT2D eigenvalue weighted by molar-refractivity contribution is 0.890. The van der Waals surface area contributed by atoms with Gasteiger partial charge in [-0.1, -0.05) is 0 Å². The summed E-state index contributed by atoms with van der Waals surface area (Å²) in [4.78, 5) is 10.9. The van der Waals surface area contributed by atoms with Gasteiger partial charge >= 0.3 is 0 Å². The predicted molar refractivity (Wildman–Crippen MR) is 61.6 cm³/mol. The first-order chi connectivity index (χ1) is 7.29. The summed E-state index contributed by atoms with van der Waals surface area (Å²) < 4.78 is 2.14. The number of aromatic nitrogens is 2. The van der Waals surface area contributed by atoms with Gasteiger partial charge in [0, 0.05) is 26.5 Å². The molecule has 0 aliphatic carbocycles. The Hall–Kier alpha value is -1.84. The Morgan fingerprint density at radius 1 is 1.33 bits per heavy atom. The molecule has 0 bridgehead atoms. The van der Waals surface area contributed by atoms with Gasteiger partial charge in [0.2, 0.25) is 0 Å². The van der Waals surface area contributed by atoms with Gasteiger partial charge in [0.15, 0.2) is 0 Å². The lowest BCUT2D eigenvalue weighted by Crippen LogP contribution is -2.22. The molecule has 0 unspecified atom stereocenters. The van der Waals surface area contributed by atoms with Crippen LogP contribution in [0.25, 0.3) is 11.0 Å². The van der Waals surface area contributed by atoms with Crippen molar-refractivity contribution in [3.63, 3.8) is 0 Å². The molecule has 76 valence electrons. The number of pyridine rings is 1. The second-order valence-electron chi connectivity index (χ2n) is 3.82. The normalized spacial score (nSPS) is 14.7. The second-order valence-corrected chi connectivity index (χ2v) is 3.82. The molecule has 0 saturated carbocycles. The molecule has 1 aliphatic heterocycles. The number of hydrogen-bond donors (Lipinski definition) is 0. The quantitative estimate of drug-likeness (QED) is 0.644. The molecule has 4 heteroatoms. The van der Waals surface area contributed by atoms with E-state index < -0.39 is 0 Å². The summed E-state index contributed by atoms with van der Waals surface area (Å²) in [5.74, 6) is 0. The van der Waals surface area contributed by atoms with Crippen molar-refractivity contribution in [2.24, 2.45) is 12.0 Å². The van der Waals surface area contributed by atoms with Crippen molar-refractivity contribution in [2.45, 2.75) is 0 Å². The molecule has 0 aromatic carbocycles. The van der Waals surface area contributed by atoms with Crippen LogP contribution in [0.1, 0.15) is 5.69 Å². The fraction of sp³-hybridized carbons (Fsp3) is 0.273. The Labute approximate surface area is 87.9 Å². The summed E-state index contributed by atoms with van der Waals surface area (Å²) >= 11 is 0. The van der Waals surface area contributed by atoms with E-state index in [4.69, 9.17) is 0 Å². The predicted octanol–water partition coefficient (Wildman–Crippen LogP) is 1.40. The van der Waals surface area contributed by atoms with E-state index in [0.29, 0.717) is 6.67 Å². The Kier molecular flexibility index (Phi) is 1.59. The number of rotatable bonds is 0. The van der Waals surface area contributed by atoms with Crippen molar-refractivity contribution >= 4 is 22.9 Å². The van der Waals surface area contributed by atoms with Gasteiger partial charge < -0.3 is 9.47 Å². The highest BCUT2D eigenvalue weighted by Gasteiger charge is 2.19. The molecule has 0 amide bonds. The summed E-state index contributed by atoms with van der Waals surface area (Å²) in [5, 5.41) is 0. The van der Waals surface area contributed by atoms with E-state index in [9.17, 15) is 0 Å². The molecule has 0 radical (unpaired) electrons. The maximum Gasteiger partial charge on any atom is 0.112 e. The van der Waals surface area contributed by atoms with Crippen LogP contribution in [0.5, 0.6) is 0 Å². The lowest BCUT2D eigenvalue weighted by Gasteiger charge is -2.20. The van der Waals surface area contributed by atoms with Crippen LogP contribution in [-0.4, -0.2) is 29.5 Å². The average Bonchev–Trinajstić information content (AvgIpc) is 2.55. The van der Waals surface area contributed by atoms with Gasteiger partial charge in [-0.3, -0.25) is 9.98 Å². The smallest absolute Gasteiger partial charge is 0.112 e. The summed E-state index contributed by atoms with van der Waals surface area (Å²) in [6.45, 7) is 0.711. The SMILES string of the molecule is CN1CN=Cc2c1c1ncccc1n2C. The number of nitrogens with zero attached hydrogens (tertiary/aromatic N) is 4. The average molecular weight is 200 g/mol. The van der Waals surface area contributed by atoms with E-state index in [1.54, 1.807) is 0 Å². The first-order valence-electron chi connectivity index (χ1n) is 4.93. The molecule has 0 N–H and O–H groups in total. The second kappa shape index (κ2) is 2.82. The zero-order valence-corrected chi connectivity index (χ0v) is 8.81. The number of aryl methyl sites for hydroxylation is 1. The van der Waals surface area contributed by atoms with Crippen LogP contribution in [0.15, 0.2) is 23.3 Å². The van der Waals surface area contributed by atoms with E-state index >= 15 is 0 Å². The highest BCUT2D eigenvalue weighted by Crippen LogP contribution is 2.31. The summed E-state index contributed by atoms with van der Waals surface area (Å²) in [5.41, 5.74) is 4.53. The number of fused-ring (bicyclic) bond motifs is 3. The molecule has 0 atom stereocenters. The van der Waals surface area contributed by atoms with Crippen LogP contribution in [0, 0.1) is 0 Å². The van der Waals surface area contributed by atoms with Crippen LogP contribution >= 0.6 is 0 Å². The van der Waals surface area contributed by atoms with E-state index in [2.05, 4.69) is 25.5 Å². The third-order valence-corrected chi connectivity index (χ3v) is 2.87. The molecular weight excluding hydrogens is 188 g/mol. The van der Waals surface area contributed by atoms with Gasteiger partial charge in [-0.25, -0.2) is 0 Å². The Balaban J connectivity index is 2.47. The fourth-order valence-electron chi connectivity index (χ4n) is 2.10. The maximum atomic E-state index is 4.44. The van der Waals surface area contributed by atoms with Crippen LogP contribution in [0.3, 0.4) is 0 Å². The maximum absolute atomic E-state index is 4.44. The zero-order chi connectivity index (χ0) is 10.4. The summed E-state index contributed by atoms with van der Waals surface area (Å²) in [7, 11) is 4.09. The molecule has 1 aliphatic rings. The largest absolute Gasteiger partial charge is 0.352 e. The molecule has 2 aromatic rings. The third-order valence-electron chi connectivity index (χ3n) is 2.87. The van der Waals surface area contributed by atoms with Crippen molar-refractivity contribution in [2.75, 3.05) is 18.6 Å². The molecule has 3 rings (SSSR count). The molecule has 0 fully saturated rings. The minimum Gasteiger partial charge on any atom is -0.352 e. The summed E-state index contributed by atoms with van der Waals surface area (Å²) in [6.07, 6.45) is 3.76. The van der Waals surface area contributed by atoms with Crippen LogP contribution in [0.4, 0.5) is 5.69 Å². The van der Waals surface area contributed by atoms with Crippen molar-refractivity contribution in [1.29, 1.82) is 0 Å². The number of anilines is 1. The zero-order valence-electron chi connectivity index (χ0n) is 8.81. The van der Waals surface area contributed by atoms with E-state index in [-0.39, 0.29) is 0 Å². The van der Waals surface area contributed by atoms with Gasteiger partial charge in [0.1, 0.15) is 12.2 Å². The first kappa shape index (κ1) is 8.47. The molecule has 2 aromatic heterocycles. The highest BCUT2D eigenvalue weighted by molar-refractivity contribution is 6.02. The fourth-order valence-corrected chi connectivity index (χ4v) is 2.10. The van der Waals surface area contributed by atoms with E-state index in [1.165, 1.54) is 5.69 Å². The number of aliphatic imine (C=N–C) groups is 1. The molecule has 3 heterocycles. The molecule has 0 saturated heterocycles. The Morgan fingerprint density at radius 3 is 3.07 bits per heavy atom. The highest BCUT2D eigenvalue weighted by atomic mass is 15.2. The molecular formula is C11H12N4. The van der Waals surface area contributed by atoms with Gasteiger partial charge in [-0.15, -0.1) is 0 Å². The standard InChI is InChI=1S/C11H12N4/c1-14-7-12-6-9-11(14)10-8(15(9)2)4-3-5-13-10/h3-6H,7H2,1-2H3. The minimum absolute atomic E-state index is 0.711. The van der Waals surface area contributed by atoms with Crippen LogP contribution in [-0.2, 0) is 7.05 Å².